The lowest BCUT2D eigenvalue weighted by molar-refractivity contribution is 0.0533. The molecule has 1 N–H and O–H groups in total. The Balaban J connectivity index is 1.94. The predicted octanol–water partition coefficient (Wildman–Crippen LogP) is 5.56. The standard InChI is InChI=1S/C18H14ClNO3S2/c1-2-23-18(22)16-12(20-17(21)13-8-9-15(19)24-13)10-14(25-16)11-6-4-3-5-7-11/h3-10H,2H2,1H3,(H,20,21). The molecular formula is C18H14ClNO3S2. The average molecular weight is 392 g/mol. The van der Waals surface area contributed by atoms with Gasteiger partial charge in [0.2, 0.25) is 0 Å². The first-order valence-corrected chi connectivity index (χ1v) is 9.52. The third-order valence-electron chi connectivity index (χ3n) is 3.30. The predicted molar refractivity (Wildman–Crippen MR) is 103 cm³/mol. The van der Waals surface area contributed by atoms with Crippen LogP contribution in [0.2, 0.25) is 4.34 Å². The lowest BCUT2D eigenvalue weighted by atomic mass is 10.2. The molecule has 0 aliphatic carbocycles. The van der Waals surface area contributed by atoms with Crippen molar-refractivity contribution in [1.29, 1.82) is 0 Å². The molecule has 25 heavy (non-hydrogen) atoms. The molecule has 0 aliphatic rings. The molecule has 0 aliphatic heterocycles. The summed E-state index contributed by atoms with van der Waals surface area (Å²) in [6.07, 6.45) is 0. The Hall–Kier alpha value is -2.15. The van der Waals surface area contributed by atoms with Gasteiger partial charge >= 0.3 is 5.97 Å². The maximum atomic E-state index is 12.4. The Morgan fingerprint density at radius 1 is 1.12 bits per heavy atom. The molecule has 7 heteroatoms. The molecule has 0 bridgehead atoms. The second kappa shape index (κ2) is 7.82. The largest absolute Gasteiger partial charge is 0.462 e. The van der Waals surface area contributed by atoms with Crippen LogP contribution in [-0.2, 0) is 4.74 Å². The van der Waals surface area contributed by atoms with Gasteiger partial charge in [0.1, 0.15) is 4.88 Å². The molecule has 0 saturated heterocycles. The van der Waals surface area contributed by atoms with Gasteiger partial charge in [-0.3, -0.25) is 4.79 Å². The number of ether oxygens (including phenoxy) is 1. The second-order valence-corrected chi connectivity index (χ2v) is 7.77. The topological polar surface area (TPSA) is 55.4 Å². The van der Waals surface area contributed by atoms with E-state index in [-0.39, 0.29) is 12.5 Å². The Morgan fingerprint density at radius 3 is 2.52 bits per heavy atom. The average Bonchev–Trinajstić information content (AvgIpc) is 3.22. The van der Waals surface area contributed by atoms with E-state index >= 15 is 0 Å². The van der Waals surface area contributed by atoms with Gasteiger partial charge in [0.15, 0.2) is 0 Å². The fourth-order valence-electron chi connectivity index (χ4n) is 2.20. The molecule has 0 spiro atoms. The first-order valence-electron chi connectivity index (χ1n) is 7.51. The number of benzene rings is 1. The number of anilines is 1. The number of nitrogens with one attached hydrogen (secondary N) is 1. The normalized spacial score (nSPS) is 10.5. The molecule has 3 aromatic rings. The fraction of sp³-hybridized carbons (Fsp3) is 0.111. The molecule has 3 rings (SSSR count). The summed E-state index contributed by atoms with van der Waals surface area (Å²) in [6, 6.07) is 14.8. The lowest BCUT2D eigenvalue weighted by Gasteiger charge is -2.04. The van der Waals surface area contributed by atoms with Crippen LogP contribution in [0.15, 0.2) is 48.5 Å². The Labute approximate surface area is 158 Å². The fourth-order valence-corrected chi connectivity index (χ4v) is 4.15. The third kappa shape index (κ3) is 4.10. The van der Waals surface area contributed by atoms with Gasteiger partial charge in [-0.1, -0.05) is 41.9 Å². The number of amides is 1. The van der Waals surface area contributed by atoms with Gasteiger partial charge in [0.25, 0.3) is 5.91 Å². The van der Waals surface area contributed by atoms with Crippen LogP contribution in [-0.4, -0.2) is 18.5 Å². The maximum Gasteiger partial charge on any atom is 0.350 e. The van der Waals surface area contributed by atoms with Gasteiger partial charge in [0.05, 0.1) is 21.5 Å². The molecule has 0 fully saturated rings. The van der Waals surface area contributed by atoms with Crippen LogP contribution in [0.1, 0.15) is 26.3 Å². The number of hydrogen-bond donors (Lipinski definition) is 1. The summed E-state index contributed by atoms with van der Waals surface area (Å²) in [5, 5.41) is 2.79. The van der Waals surface area contributed by atoms with E-state index in [4.69, 9.17) is 16.3 Å². The van der Waals surface area contributed by atoms with Crippen LogP contribution < -0.4 is 5.32 Å². The van der Waals surface area contributed by atoms with Crippen molar-refractivity contribution in [3.05, 3.63) is 62.6 Å². The van der Waals surface area contributed by atoms with Crippen molar-refractivity contribution >= 4 is 51.8 Å². The summed E-state index contributed by atoms with van der Waals surface area (Å²) in [5.41, 5.74) is 1.41. The van der Waals surface area contributed by atoms with Crippen molar-refractivity contribution in [3.8, 4) is 10.4 Å². The summed E-state index contributed by atoms with van der Waals surface area (Å²) in [7, 11) is 0. The Morgan fingerprint density at radius 2 is 1.88 bits per heavy atom. The van der Waals surface area contributed by atoms with Gasteiger partial charge in [-0.2, -0.15) is 0 Å². The molecule has 2 aromatic heterocycles. The molecule has 0 radical (unpaired) electrons. The zero-order valence-electron chi connectivity index (χ0n) is 13.2. The van der Waals surface area contributed by atoms with Gasteiger partial charge < -0.3 is 10.1 Å². The minimum atomic E-state index is -0.450. The SMILES string of the molecule is CCOC(=O)c1sc(-c2ccccc2)cc1NC(=O)c1ccc(Cl)s1. The number of halogens is 1. The van der Waals surface area contributed by atoms with E-state index < -0.39 is 5.97 Å². The summed E-state index contributed by atoms with van der Waals surface area (Å²) in [5.74, 6) is -0.756. The third-order valence-corrected chi connectivity index (χ3v) is 5.69. The number of carbonyl (C=O) groups excluding carboxylic acids is 2. The van der Waals surface area contributed by atoms with Crippen LogP contribution in [0, 0.1) is 0 Å². The van der Waals surface area contributed by atoms with Crippen molar-refractivity contribution in [1.82, 2.24) is 0 Å². The van der Waals surface area contributed by atoms with E-state index in [9.17, 15) is 9.59 Å². The van der Waals surface area contributed by atoms with Gasteiger partial charge in [-0.25, -0.2) is 4.79 Å². The van der Waals surface area contributed by atoms with Crippen LogP contribution in [0.3, 0.4) is 0 Å². The number of hydrogen-bond acceptors (Lipinski definition) is 5. The number of esters is 1. The molecule has 0 unspecified atom stereocenters. The molecular weight excluding hydrogens is 378 g/mol. The second-order valence-electron chi connectivity index (χ2n) is 5.00. The molecule has 0 atom stereocenters. The molecule has 1 aromatic carbocycles. The molecule has 4 nitrogen and oxygen atoms in total. The number of carbonyl (C=O) groups is 2. The van der Waals surface area contributed by atoms with Crippen molar-refractivity contribution in [2.45, 2.75) is 6.92 Å². The highest BCUT2D eigenvalue weighted by atomic mass is 35.5. The van der Waals surface area contributed by atoms with E-state index in [1.165, 1.54) is 22.7 Å². The van der Waals surface area contributed by atoms with Gasteiger partial charge in [0, 0.05) is 4.88 Å². The van der Waals surface area contributed by atoms with Crippen molar-refractivity contribution < 1.29 is 14.3 Å². The van der Waals surface area contributed by atoms with E-state index in [0.29, 0.717) is 19.8 Å². The first kappa shape index (κ1) is 17.7. The zero-order valence-corrected chi connectivity index (χ0v) is 15.6. The van der Waals surface area contributed by atoms with Crippen LogP contribution in [0.5, 0.6) is 0 Å². The Kier molecular flexibility index (Phi) is 5.53. The zero-order chi connectivity index (χ0) is 17.8. The molecule has 128 valence electrons. The highest BCUT2D eigenvalue weighted by molar-refractivity contribution is 7.18. The summed E-state index contributed by atoms with van der Waals surface area (Å²) in [4.78, 5) is 26.4. The van der Waals surface area contributed by atoms with E-state index in [0.717, 1.165) is 10.4 Å². The summed E-state index contributed by atoms with van der Waals surface area (Å²) < 4.78 is 5.64. The van der Waals surface area contributed by atoms with Gasteiger partial charge in [-0.15, -0.1) is 22.7 Å². The highest BCUT2D eigenvalue weighted by Gasteiger charge is 2.21. The highest BCUT2D eigenvalue weighted by Crippen LogP contribution is 2.36. The molecule has 1 amide bonds. The van der Waals surface area contributed by atoms with E-state index in [1.807, 2.05) is 30.3 Å². The van der Waals surface area contributed by atoms with Crippen LogP contribution in [0.4, 0.5) is 5.69 Å². The van der Waals surface area contributed by atoms with Crippen molar-refractivity contribution in [2.24, 2.45) is 0 Å². The minimum absolute atomic E-state index is 0.269. The van der Waals surface area contributed by atoms with E-state index in [1.54, 1.807) is 25.1 Å². The Bertz CT molecular complexity index is 902. The van der Waals surface area contributed by atoms with E-state index in [2.05, 4.69) is 5.32 Å². The lowest BCUT2D eigenvalue weighted by Crippen LogP contribution is -2.13. The molecule has 0 saturated carbocycles. The van der Waals surface area contributed by atoms with Crippen LogP contribution >= 0.6 is 34.3 Å². The quantitative estimate of drug-likeness (QED) is 0.579. The van der Waals surface area contributed by atoms with Crippen LogP contribution in [0.25, 0.3) is 10.4 Å². The summed E-state index contributed by atoms with van der Waals surface area (Å²) >= 11 is 8.36. The minimum Gasteiger partial charge on any atom is -0.462 e. The number of thiophene rings is 2. The maximum absolute atomic E-state index is 12.4. The smallest absolute Gasteiger partial charge is 0.350 e. The monoisotopic (exact) mass is 391 g/mol. The van der Waals surface area contributed by atoms with Gasteiger partial charge in [-0.05, 0) is 30.7 Å². The van der Waals surface area contributed by atoms with Crippen molar-refractivity contribution in [3.63, 3.8) is 0 Å². The van der Waals surface area contributed by atoms with Crippen molar-refractivity contribution in [2.75, 3.05) is 11.9 Å². The number of rotatable bonds is 5. The molecule has 2 heterocycles. The summed E-state index contributed by atoms with van der Waals surface area (Å²) in [6.45, 7) is 2.01. The first-order chi connectivity index (χ1) is 12.1.